The van der Waals surface area contributed by atoms with Gasteiger partial charge in [-0.05, 0) is 49.2 Å². The summed E-state index contributed by atoms with van der Waals surface area (Å²) in [5.74, 6) is 0.0914. The predicted octanol–water partition coefficient (Wildman–Crippen LogP) is 0.328. The Kier molecular flexibility index (Phi) is 5.35. The minimum Gasteiger partial charge on any atom is -1.00 e. The number of hydrogen-bond donors (Lipinski definition) is 0. The van der Waals surface area contributed by atoms with Crippen molar-refractivity contribution in [2.75, 3.05) is 0 Å². The van der Waals surface area contributed by atoms with Gasteiger partial charge in [0.25, 0.3) is 0 Å². The van der Waals surface area contributed by atoms with Gasteiger partial charge in [-0.1, -0.05) is 24.3 Å². The first-order chi connectivity index (χ1) is 10.6. The van der Waals surface area contributed by atoms with Crippen LogP contribution in [0.5, 0.6) is 0 Å². The Balaban J connectivity index is 0.00000192. The number of halogens is 1. The molecule has 0 saturated heterocycles. The Morgan fingerprint density at radius 1 is 1.09 bits per heavy atom. The molecule has 0 spiro atoms. The van der Waals surface area contributed by atoms with Crippen molar-refractivity contribution in [3.63, 3.8) is 0 Å². The van der Waals surface area contributed by atoms with E-state index in [9.17, 15) is 4.79 Å². The van der Waals surface area contributed by atoms with E-state index >= 15 is 0 Å². The largest absolute Gasteiger partial charge is 1.00 e. The molecule has 1 heterocycles. The summed E-state index contributed by atoms with van der Waals surface area (Å²) < 4.78 is 4.21. The highest BCUT2D eigenvalue weighted by Crippen LogP contribution is 2.10. The van der Waals surface area contributed by atoms with E-state index in [4.69, 9.17) is 0 Å². The molecule has 0 saturated carbocycles. The van der Waals surface area contributed by atoms with E-state index < -0.39 is 0 Å². The van der Waals surface area contributed by atoms with Crippen molar-refractivity contribution in [1.29, 1.82) is 0 Å². The van der Waals surface area contributed by atoms with Crippen LogP contribution in [0.1, 0.15) is 28.4 Å². The predicted molar refractivity (Wildman–Crippen MR) is 86.2 cm³/mol. The lowest BCUT2D eigenvalue weighted by molar-refractivity contribution is -0.687. The number of carbonyl (C=O) groups excluding carboxylic acids is 1. The first kappa shape index (κ1) is 17.0. The molecule has 2 aromatic carbocycles. The highest BCUT2D eigenvalue weighted by Gasteiger charge is 2.09. The Labute approximate surface area is 142 Å². The van der Waals surface area contributed by atoms with Gasteiger partial charge < -0.3 is 12.4 Å². The van der Waals surface area contributed by atoms with Crippen LogP contribution < -0.4 is 17.0 Å². The molecule has 1 aromatic heterocycles. The highest BCUT2D eigenvalue weighted by molar-refractivity contribution is 5.94. The average molecular weight is 327 g/mol. The van der Waals surface area contributed by atoms with Gasteiger partial charge >= 0.3 is 0 Å². The smallest absolute Gasteiger partial charge is 0.249 e. The molecule has 23 heavy (non-hydrogen) atoms. The summed E-state index contributed by atoms with van der Waals surface area (Å²) in [5.41, 5.74) is 4.41. The van der Waals surface area contributed by atoms with Crippen molar-refractivity contribution in [2.24, 2.45) is 0 Å². The van der Waals surface area contributed by atoms with Crippen LogP contribution in [0.25, 0.3) is 5.69 Å². The minimum atomic E-state index is 0. The maximum atomic E-state index is 11.3. The fourth-order valence-corrected chi connectivity index (χ4v) is 2.49. The zero-order valence-corrected chi connectivity index (χ0v) is 14.0. The molecule has 3 aromatic rings. The Morgan fingerprint density at radius 2 is 1.78 bits per heavy atom. The lowest BCUT2D eigenvalue weighted by atomic mass is 10.1. The maximum Gasteiger partial charge on any atom is 0.249 e. The molecule has 0 aliphatic heterocycles. The monoisotopic (exact) mass is 326 g/mol. The van der Waals surface area contributed by atoms with Gasteiger partial charge in [0.05, 0.1) is 0 Å². The van der Waals surface area contributed by atoms with Gasteiger partial charge in [-0.2, -0.15) is 0 Å². The highest BCUT2D eigenvalue weighted by atomic mass is 35.5. The zero-order valence-electron chi connectivity index (χ0n) is 13.2. The number of benzene rings is 2. The van der Waals surface area contributed by atoms with Crippen LogP contribution >= 0.6 is 0 Å². The summed E-state index contributed by atoms with van der Waals surface area (Å²) in [4.78, 5) is 11.3. The Morgan fingerprint density at radius 3 is 2.43 bits per heavy atom. The fraction of sp³-hybridized carbons (Fsp3) is 0.158. The first-order valence-corrected chi connectivity index (χ1v) is 7.36. The molecular weight excluding hydrogens is 308 g/mol. The molecule has 0 unspecified atom stereocenters. The van der Waals surface area contributed by atoms with Crippen molar-refractivity contribution in [3.05, 3.63) is 83.9 Å². The number of carbonyl (C=O) groups is 1. The maximum absolute atomic E-state index is 11.3. The molecule has 0 radical (unpaired) electrons. The van der Waals surface area contributed by atoms with Gasteiger partial charge in [0.2, 0.25) is 6.33 Å². The van der Waals surface area contributed by atoms with Gasteiger partial charge in [-0.15, -0.1) is 0 Å². The normalized spacial score (nSPS) is 10.2. The van der Waals surface area contributed by atoms with Crippen molar-refractivity contribution < 1.29 is 21.8 Å². The second-order valence-corrected chi connectivity index (χ2v) is 5.52. The van der Waals surface area contributed by atoms with Crippen LogP contribution in [0.2, 0.25) is 0 Å². The zero-order chi connectivity index (χ0) is 15.5. The van der Waals surface area contributed by atoms with Crippen LogP contribution in [-0.2, 0) is 6.54 Å². The quantitative estimate of drug-likeness (QED) is 0.501. The van der Waals surface area contributed by atoms with E-state index in [2.05, 4.69) is 52.8 Å². The number of hydrogen-bond acceptors (Lipinski definition) is 1. The lowest BCUT2D eigenvalue weighted by Crippen LogP contribution is -3.00. The van der Waals surface area contributed by atoms with Crippen molar-refractivity contribution in [2.45, 2.75) is 20.4 Å². The molecule has 3 nitrogen and oxygen atoms in total. The third-order valence-electron chi connectivity index (χ3n) is 3.88. The summed E-state index contributed by atoms with van der Waals surface area (Å²) in [6.07, 6.45) is 6.15. The number of aromatic nitrogens is 2. The third kappa shape index (κ3) is 3.88. The molecule has 118 valence electrons. The summed E-state index contributed by atoms with van der Waals surface area (Å²) >= 11 is 0. The topological polar surface area (TPSA) is 25.9 Å². The van der Waals surface area contributed by atoms with E-state index in [0.717, 1.165) is 17.8 Å². The van der Waals surface area contributed by atoms with Crippen molar-refractivity contribution in [1.82, 2.24) is 4.57 Å². The molecular formula is C19H19ClN2O. The minimum absolute atomic E-state index is 0. The van der Waals surface area contributed by atoms with E-state index in [0.29, 0.717) is 0 Å². The second-order valence-electron chi connectivity index (χ2n) is 5.52. The van der Waals surface area contributed by atoms with Gasteiger partial charge in [-0.25, -0.2) is 9.13 Å². The van der Waals surface area contributed by atoms with E-state index in [1.54, 1.807) is 6.92 Å². The molecule has 4 heteroatoms. The SMILES string of the molecule is CC(=O)c1ccc(-n2cc[n+](Cc3ccccc3C)c2)cc1.[Cl-]. The van der Waals surface area contributed by atoms with E-state index in [-0.39, 0.29) is 18.2 Å². The average Bonchev–Trinajstić information content (AvgIpc) is 2.98. The van der Waals surface area contributed by atoms with Crippen LogP contribution in [0.3, 0.4) is 0 Å². The number of Topliss-reactive ketones (excluding diaryl/α,β-unsaturated/α-hetero) is 1. The van der Waals surface area contributed by atoms with Crippen LogP contribution in [-0.4, -0.2) is 10.4 Å². The molecule has 0 atom stereocenters. The fourth-order valence-electron chi connectivity index (χ4n) is 2.49. The molecule has 0 amide bonds. The standard InChI is InChI=1S/C19H19N2O.ClH/c1-15-5-3-4-6-18(15)13-20-11-12-21(14-20)19-9-7-17(8-10-19)16(2)22;/h3-12,14H,13H2,1-2H3;1H/q+1;/p-1. The van der Waals surface area contributed by atoms with Gasteiger partial charge in [-0.3, -0.25) is 4.79 Å². The van der Waals surface area contributed by atoms with Crippen molar-refractivity contribution in [3.8, 4) is 5.69 Å². The summed E-state index contributed by atoms with van der Waals surface area (Å²) in [6, 6.07) is 16.1. The lowest BCUT2D eigenvalue weighted by Gasteiger charge is -2.02. The van der Waals surface area contributed by atoms with Gasteiger partial charge in [0.1, 0.15) is 24.6 Å². The van der Waals surface area contributed by atoms with Crippen molar-refractivity contribution >= 4 is 5.78 Å². The second kappa shape index (κ2) is 7.25. The Bertz CT molecular complexity index is 806. The molecule has 0 fully saturated rings. The number of rotatable bonds is 4. The van der Waals surface area contributed by atoms with E-state index in [1.165, 1.54) is 11.1 Å². The number of imidazole rings is 1. The van der Waals surface area contributed by atoms with Crippen LogP contribution in [0, 0.1) is 6.92 Å². The number of nitrogens with zero attached hydrogens (tertiary/aromatic N) is 2. The Hall–Kier alpha value is -2.39. The molecule has 0 aliphatic carbocycles. The number of ketones is 1. The molecule has 0 N–H and O–H groups in total. The molecule has 0 aliphatic rings. The first-order valence-electron chi connectivity index (χ1n) is 7.36. The summed E-state index contributed by atoms with van der Waals surface area (Å²) in [6.45, 7) is 4.57. The third-order valence-corrected chi connectivity index (χ3v) is 3.88. The summed E-state index contributed by atoms with van der Waals surface area (Å²) in [7, 11) is 0. The van der Waals surface area contributed by atoms with Gasteiger partial charge in [0, 0.05) is 5.56 Å². The molecule has 0 bridgehead atoms. The summed E-state index contributed by atoms with van der Waals surface area (Å²) in [5, 5.41) is 0. The van der Waals surface area contributed by atoms with E-state index in [1.807, 2.05) is 30.5 Å². The van der Waals surface area contributed by atoms with Gasteiger partial charge in [0.15, 0.2) is 5.78 Å². The molecule has 3 rings (SSSR count). The van der Waals surface area contributed by atoms with Crippen LogP contribution in [0.4, 0.5) is 0 Å². The van der Waals surface area contributed by atoms with Crippen LogP contribution in [0.15, 0.2) is 67.3 Å². The number of aryl methyl sites for hydroxylation is 1.